The van der Waals surface area contributed by atoms with Crippen LogP contribution in [0.4, 0.5) is 11.6 Å². The summed E-state index contributed by atoms with van der Waals surface area (Å²) in [5, 5.41) is 6.69. The van der Waals surface area contributed by atoms with Gasteiger partial charge in [0, 0.05) is 18.2 Å². The van der Waals surface area contributed by atoms with E-state index in [1.807, 2.05) is 6.92 Å². The van der Waals surface area contributed by atoms with Gasteiger partial charge in [-0.05, 0) is 47.8 Å². The first-order chi connectivity index (χ1) is 8.54. The zero-order chi connectivity index (χ0) is 13.5. The molecule has 1 rings (SSSR count). The Morgan fingerprint density at radius 3 is 2.56 bits per heavy atom. The molecular formula is C13H25N5. The highest BCUT2D eigenvalue weighted by Crippen LogP contribution is 2.19. The van der Waals surface area contributed by atoms with Crippen molar-refractivity contribution in [3.05, 3.63) is 11.9 Å². The molecule has 0 bridgehead atoms. The van der Waals surface area contributed by atoms with Crippen LogP contribution in [0.5, 0.6) is 0 Å². The number of nitrogens with zero attached hydrogens (tertiary/aromatic N) is 3. The van der Waals surface area contributed by atoms with Gasteiger partial charge in [0.1, 0.15) is 18.0 Å². The molecule has 0 amide bonds. The second-order valence-corrected chi connectivity index (χ2v) is 4.86. The summed E-state index contributed by atoms with van der Waals surface area (Å²) in [6, 6.07) is 0.399. The first-order valence-electron chi connectivity index (χ1n) is 6.51. The Balaban J connectivity index is 2.63. The smallest absolute Gasteiger partial charge is 0.134 e. The molecule has 18 heavy (non-hydrogen) atoms. The molecule has 1 aromatic heterocycles. The minimum atomic E-state index is 0.399. The molecule has 0 fully saturated rings. The van der Waals surface area contributed by atoms with Crippen molar-refractivity contribution >= 4 is 11.6 Å². The van der Waals surface area contributed by atoms with E-state index < -0.39 is 0 Å². The highest BCUT2D eigenvalue weighted by molar-refractivity contribution is 5.56. The Bertz CT molecular complexity index is 364. The van der Waals surface area contributed by atoms with Gasteiger partial charge in [-0.1, -0.05) is 0 Å². The van der Waals surface area contributed by atoms with E-state index in [0.717, 1.165) is 36.7 Å². The highest BCUT2D eigenvalue weighted by Gasteiger charge is 2.09. The van der Waals surface area contributed by atoms with Gasteiger partial charge in [-0.2, -0.15) is 0 Å². The highest BCUT2D eigenvalue weighted by atomic mass is 15.1. The number of anilines is 2. The Labute approximate surface area is 110 Å². The summed E-state index contributed by atoms with van der Waals surface area (Å²) in [7, 11) is 4.18. The molecule has 0 aliphatic rings. The largest absolute Gasteiger partial charge is 0.370 e. The van der Waals surface area contributed by atoms with Gasteiger partial charge in [-0.25, -0.2) is 9.97 Å². The molecule has 0 spiro atoms. The van der Waals surface area contributed by atoms with Crippen molar-refractivity contribution in [1.29, 1.82) is 0 Å². The van der Waals surface area contributed by atoms with Gasteiger partial charge in [0.15, 0.2) is 0 Å². The molecular weight excluding hydrogens is 226 g/mol. The Hall–Kier alpha value is -1.36. The maximum Gasteiger partial charge on any atom is 0.134 e. The Morgan fingerprint density at radius 2 is 1.94 bits per heavy atom. The molecule has 1 unspecified atom stereocenters. The van der Waals surface area contributed by atoms with Crippen LogP contribution in [0.3, 0.4) is 0 Å². The lowest BCUT2D eigenvalue weighted by Gasteiger charge is -2.19. The first kappa shape index (κ1) is 14.7. The number of hydrogen-bond donors (Lipinski definition) is 2. The second-order valence-electron chi connectivity index (χ2n) is 4.86. The van der Waals surface area contributed by atoms with Crippen molar-refractivity contribution in [2.24, 2.45) is 0 Å². The standard InChI is InChI=1S/C13H25N5/c1-6-14-12-11(3)13(16-9-15-12)17-10(2)7-8-18(4)5/h9-10H,6-8H2,1-5H3,(H2,14,15,16,17). The van der Waals surface area contributed by atoms with Gasteiger partial charge in [0.05, 0.1) is 0 Å². The molecule has 0 aromatic carbocycles. The Morgan fingerprint density at radius 1 is 1.28 bits per heavy atom. The molecule has 5 heteroatoms. The van der Waals surface area contributed by atoms with E-state index in [9.17, 15) is 0 Å². The Kier molecular flexibility index (Phi) is 5.85. The number of aromatic nitrogens is 2. The summed E-state index contributed by atoms with van der Waals surface area (Å²) < 4.78 is 0. The fourth-order valence-electron chi connectivity index (χ4n) is 1.70. The summed E-state index contributed by atoms with van der Waals surface area (Å²) >= 11 is 0. The summed E-state index contributed by atoms with van der Waals surface area (Å²) in [6.07, 6.45) is 2.69. The van der Waals surface area contributed by atoms with Crippen LogP contribution < -0.4 is 10.6 Å². The van der Waals surface area contributed by atoms with E-state index >= 15 is 0 Å². The zero-order valence-corrected chi connectivity index (χ0v) is 12.1. The minimum absolute atomic E-state index is 0.399. The summed E-state index contributed by atoms with van der Waals surface area (Å²) in [5.74, 6) is 1.84. The fraction of sp³-hybridized carbons (Fsp3) is 0.692. The minimum Gasteiger partial charge on any atom is -0.370 e. The van der Waals surface area contributed by atoms with Crippen molar-refractivity contribution in [2.75, 3.05) is 37.8 Å². The van der Waals surface area contributed by atoms with Crippen molar-refractivity contribution in [3.8, 4) is 0 Å². The number of rotatable bonds is 7. The van der Waals surface area contributed by atoms with Gasteiger partial charge in [0.2, 0.25) is 0 Å². The zero-order valence-electron chi connectivity index (χ0n) is 12.1. The van der Waals surface area contributed by atoms with Crippen LogP contribution >= 0.6 is 0 Å². The van der Waals surface area contributed by atoms with E-state index in [2.05, 4.69) is 53.4 Å². The average molecular weight is 251 g/mol. The molecule has 1 atom stereocenters. The van der Waals surface area contributed by atoms with Gasteiger partial charge < -0.3 is 15.5 Å². The van der Waals surface area contributed by atoms with E-state index in [4.69, 9.17) is 0 Å². The van der Waals surface area contributed by atoms with Crippen LogP contribution in [0.2, 0.25) is 0 Å². The average Bonchev–Trinajstić information content (AvgIpc) is 2.32. The van der Waals surface area contributed by atoms with E-state index in [-0.39, 0.29) is 0 Å². The quantitative estimate of drug-likeness (QED) is 0.776. The lowest BCUT2D eigenvalue weighted by atomic mass is 10.2. The first-order valence-corrected chi connectivity index (χ1v) is 6.51. The number of nitrogens with one attached hydrogen (secondary N) is 2. The van der Waals surface area contributed by atoms with Crippen molar-refractivity contribution < 1.29 is 0 Å². The van der Waals surface area contributed by atoms with Crippen LogP contribution in [0.15, 0.2) is 6.33 Å². The maximum atomic E-state index is 4.31. The van der Waals surface area contributed by atoms with Crippen molar-refractivity contribution in [2.45, 2.75) is 33.2 Å². The van der Waals surface area contributed by atoms with Gasteiger partial charge >= 0.3 is 0 Å². The number of hydrogen-bond acceptors (Lipinski definition) is 5. The van der Waals surface area contributed by atoms with Crippen LogP contribution in [0, 0.1) is 6.92 Å². The third-order valence-corrected chi connectivity index (χ3v) is 2.82. The van der Waals surface area contributed by atoms with Crippen LogP contribution in [0.1, 0.15) is 25.8 Å². The molecule has 0 radical (unpaired) electrons. The molecule has 5 nitrogen and oxygen atoms in total. The molecule has 0 aliphatic carbocycles. The molecule has 0 aliphatic heterocycles. The maximum absolute atomic E-state index is 4.31. The summed E-state index contributed by atoms with van der Waals surface area (Å²) in [6.45, 7) is 8.22. The molecule has 102 valence electrons. The lowest BCUT2D eigenvalue weighted by Crippen LogP contribution is -2.24. The van der Waals surface area contributed by atoms with Crippen molar-refractivity contribution in [3.63, 3.8) is 0 Å². The fourth-order valence-corrected chi connectivity index (χ4v) is 1.70. The van der Waals surface area contributed by atoms with E-state index in [1.165, 1.54) is 0 Å². The molecule has 1 heterocycles. The van der Waals surface area contributed by atoms with Crippen LogP contribution in [-0.2, 0) is 0 Å². The normalized spacial score (nSPS) is 12.6. The predicted octanol–water partition coefficient (Wildman–Crippen LogP) is 1.97. The van der Waals surface area contributed by atoms with E-state index in [0.29, 0.717) is 6.04 Å². The molecule has 2 N–H and O–H groups in total. The molecule has 0 saturated carbocycles. The van der Waals surface area contributed by atoms with Gasteiger partial charge in [-0.15, -0.1) is 0 Å². The molecule has 0 saturated heterocycles. The third kappa shape index (κ3) is 4.49. The van der Waals surface area contributed by atoms with Gasteiger partial charge in [0.25, 0.3) is 0 Å². The van der Waals surface area contributed by atoms with Crippen LogP contribution in [-0.4, -0.2) is 48.1 Å². The third-order valence-electron chi connectivity index (χ3n) is 2.82. The lowest BCUT2D eigenvalue weighted by molar-refractivity contribution is 0.390. The predicted molar refractivity (Wildman–Crippen MR) is 77.2 cm³/mol. The van der Waals surface area contributed by atoms with Crippen LogP contribution in [0.25, 0.3) is 0 Å². The van der Waals surface area contributed by atoms with Crippen molar-refractivity contribution in [1.82, 2.24) is 14.9 Å². The summed E-state index contributed by atoms with van der Waals surface area (Å²) in [4.78, 5) is 10.7. The van der Waals surface area contributed by atoms with E-state index in [1.54, 1.807) is 6.33 Å². The second kappa shape index (κ2) is 7.16. The summed E-state index contributed by atoms with van der Waals surface area (Å²) in [5.41, 5.74) is 1.08. The molecule has 1 aromatic rings. The monoisotopic (exact) mass is 251 g/mol. The SMILES string of the molecule is CCNc1ncnc(NC(C)CCN(C)C)c1C. The van der Waals surface area contributed by atoms with Gasteiger partial charge in [-0.3, -0.25) is 0 Å². The topological polar surface area (TPSA) is 53.1 Å².